The number of hydrogen-bond acceptors (Lipinski definition) is 0. The van der Waals surface area contributed by atoms with Gasteiger partial charge in [-0.1, -0.05) is 31.2 Å². The van der Waals surface area contributed by atoms with Gasteiger partial charge in [-0.2, -0.15) is 0 Å². The van der Waals surface area contributed by atoms with E-state index in [1.54, 1.807) is 11.1 Å². The molecular formula is C12H14. The number of hydrogen-bond donors (Lipinski definition) is 0. The maximum Gasteiger partial charge on any atom is -0.00123 e. The molecule has 62 valence electrons. The van der Waals surface area contributed by atoms with Gasteiger partial charge in [0, 0.05) is 0 Å². The summed E-state index contributed by atoms with van der Waals surface area (Å²) in [6, 6.07) is 9.00. The molecule has 0 radical (unpaired) electrons. The monoisotopic (exact) mass is 158 g/mol. The first-order valence-corrected chi connectivity index (χ1v) is 4.91. The fraction of sp³-hybridized carbons (Fsp3) is 0.500. The van der Waals surface area contributed by atoms with E-state index in [1.807, 2.05) is 0 Å². The van der Waals surface area contributed by atoms with Crippen molar-refractivity contribution in [3.05, 3.63) is 35.4 Å². The summed E-state index contributed by atoms with van der Waals surface area (Å²) >= 11 is 0. The first-order valence-electron chi connectivity index (χ1n) is 4.91. The second kappa shape index (κ2) is 1.93. The second-order valence-electron chi connectivity index (χ2n) is 4.42. The minimum atomic E-state index is 0.636. The summed E-state index contributed by atoms with van der Waals surface area (Å²) in [6.45, 7) is 2.39. The lowest BCUT2D eigenvalue weighted by Gasteiger charge is -2.08. The standard InChI is InChI=1S/C12H14/c1-9-8-12(9)7-6-10-4-2-3-5-11(10)12/h2-5,9H,6-8H2,1H3/t9-,12-/m1/s1. The zero-order valence-corrected chi connectivity index (χ0v) is 7.51. The Balaban J connectivity index is 2.15. The van der Waals surface area contributed by atoms with E-state index in [2.05, 4.69) is 31.2 Å². The molecule has 0 aliphatic heterocycles. The maximum atomic E-state index is 2.39. The van der Waals surface area contributed by atoms with Gasteiger partial charge >= 0.3 is 0 Å². The van der Waals surface area contributed by atoms with E-state index in [9.17, 15) is 0 Å². The molecule has 0 bridgehead atoms. The molecule has 1 saturated carbocycles. The molecule has 3 rings (SSSR count). The van der Waals surface area contributed by atoms with Gasteiger partial charge in [-0.3, -0.25) is 0 Å². The molecule has 1 aromatic rings. The molecule has 2 aliphatic carbocycles. The molecule has 2 atom stereocenters. The highest BCUT2D eigenvalue weighted by Gasteiger charge is 2.54. The normalized spacial score (nSPS) is 36.9. The summed E-state index contributed by atoms with van der Waals surface area (Å²) < 4.78 is 0. The van der Waals surface area contributed by atoms with Crippen molar-refractivity contribution in [3.63, 3.8) is 0 Å². The Labute approximate surface area is 73.6 Å². The molecule has 1 aromatic carbocycles. The van der Waals surface area contributed by atoms with Gasteiger partial charge in [-0.05, 0) is 41.7 Å². The van der Waals surface area contributed by atoms with Crippen LogP contribution in [0.1, 0.15) is 30.9 Å². The maximum absolute atomic E-state index is 2.39. The van der Waals surface area contributed by atoms with Gasteiger partial charge in [-0.15, -0.1) is 0 Å². The van der Waals surface area contributed by atoms with Crippen molar-refractivity contribution in [3.8, 4) is 0 Å². The molecule has 2 aliphatic rings. The van der Waals surface area contributed by atoms with Crippen LogP contribution in [0.4, 0.5) is 0 Å². The van der Waals surface area contributed by atoms with Gasteiger partial charge in [-0.25, -0.2) is 0 Å². The van der Waals surface area contributed by atoms with E-state index in [0.29, 0.717) is 5.41 Å². The van der Waals surface area contributed by atoms with Crippen molar-refractivity contribution < 1.29 is 0 Å². The number of fused-ring (bicyclic) bond motifs is 2. The Morgan fingerprint density at radius 1 is 1.33 bits per heavy atom. The van der Waals surface area contributed by atoms with Gasteiger partial charge in [0.1, 0.15) is 0 Å². The third-order valence-corrected chi connectivity index (χ3v) is 3.85. The summed E-state index contributed by atoms with van der Waals surface area (Å²) in [4.78, 5) is 0. The van der Waals surface area contributed by atoms with Crippen molar-refractivity contribution in [2.45, 2.75) is 31.6 Å². The van der Waals surface area contributed by atoms with E-state index in [4.69, 9.17) is 0 Å². The first kappa shape index (κ1) is 6.71. The molecule has 0 amide bonds. The SMILES string of the molecule is C[C@@H]1C[C@]12CCc1ccccc12. The molecule has 1 spiro atoms. The summed E-state index contributed by atoms with van der Waals surface area (Å²) in [6.07, 6.45) is 4.16. The van der Waals surface area contributed by atoms with Crippen molar-refractivity contribution >= 4 is 0 Å². The fourth-order valence-corrected chi connectivity index (χ4v) is 2.93. The first-order chi connectivity index (χ1) is 5.83. The largest absolute Gasteiger partial charge is 0.0620 e. The number of aryl methyl sites for hydroxylation is 1. The third kappa shape index (κ3) is 0.639. The van der Waals surface area contributed by atoms with Crippen LogP contribution in [0.25, 0.3) is 0 Å². The van der Waals surface area contributed by atoms with Crippen LogP contribution in [0.2, 0.25) is 0 Å². The molecule has 12 heavy (non-hydrogen) atoms. The van der Waals surface area contributed by atoms with Crippen LogP contribution in [-0.2, 0) is 11.8 Å². The smallest absolute Gasteiger partial charge is 0.00123 e. The Kier molecular flexibility index (Phi) is 1.08. The minimum absolute atomic E-state index is 0.636. The molecular weight excluding hydrogens is 144 g/mol. The van der Waals surface area contributed by atoms with E-state index in [0.717, 1.165) is 5.92 Å². The highest BCUT2D eigenvalue weighted by atomic mass is 14.6. The third-order valence-electron chi connectivity index (χ3n) is 3.85. The molecule has 0 N–H and O–H groups in total. The molecule has 0 heteroatoms. The van der Waals surface area contributed by atoms with E-state index >= 15 is 0 Å². The van der Waals surface area contributed by atoms with Crippen molar-refractivity contribution in [2.75, 3.05) is 0 Å². The molecule has 0 nitrogen and oxygen atoms in total. The highest BCUT2D eigenvalue weighted by Crippen LogP contribution is 2.60. The van der Waals surface area contributed by atoms with E-state index in [-0.39, 0.29) is 0 Å². The molecule has 1 fully saturated rings. The average molecular weight is 158 g/mol. The zero-order valence-electron chi connectivity index (χ0n) is 7.51. The Morgan fingerprint density at radius 2 is 2.08 bits per heavy atom. The van der Waals surface area contributed by atoms with Crippen LogP contribution in [0.5, 0.6) is 0 Å². The summed E-state index contributed by atoms with van der Waals surface area (Å²) in [5.41, 5.74) is 3.91. The van der Waals surface area contributed by atoms with Crippen molar-refractivity contribution in [1.29, 1.82) is 0 Å². The van der Waals surface area contributed by atoms with Crippen LogP contribution in [0, 0.1) is 5.92 Å². The van der Waals surface area contributed by atoms with Gasteiger partial charge in [0.05, 0.1) is 0 Å². The highest BCUT2D eigenvalue weighted by molar-refractivity contribution is 5.44. The van der Waals surface area contributed by atoms with Crippen LogP contribution in [-0.4, -0.2) is 0 Å². The lowest BCUT2D eigenvalue weighted by Crippen LogP contribution is -2.02. The van der Waals surface area contributed by atoms with E-state index < -0.39 is 0 Å². The zero-order chi connectivity index (χ0) is 8.18. The van der Waals surface area contributed by atoms with Crippen LogP contribution < -0.4 is 0 Å². The van der Waals surface area contributed by atoms with Gasteiger partial charge in [0.25, 0.3) is 0 Å². The van der Waals surface area contributed by atoms with Crippen LogP contribution in [0.3, 0.4) is 0 Å². The van der Waals surface area contributed by atoms with Crippen LogP contribution >= 0.6 is 0 Å². The van der Waals surface area contributed by atoms with Crippen LogP contribution in [0.15, 0.2) is 24.3 Å². The fourth-order valence-electron chi connectivity index (χ4n) is 2.93. The minimum Gasteiger partial charge on any atom is -0.0620 e. The van der Waals surface area contributed by atoms with Gasteiger partial charge in [0.2, 0.25) is 0 Å². The van der Waals surface area contributed by atoms with Crippen molar-refractivity contribution in [1.82, 2.24) is 0 Å². The predicted molar refractivity (Wildman–Crippen MR) is 50.2 cm³/mol. The van der Waals surface area contributed by atoms with Crippen molar-refractivity contribution in [2.24, 2.45) is 5.92 Å². The molecule has 0 unspecified atom stereocenters. The Hall–Kier alpha value is -0.780. The molecule has 0 saturated heterocycles. The van der Waals surface area contributed by atoms with Gasteiger partial charge in [0.15, 0.2) is 0 Å². The number of benzene rings is 1. The summed E-state index contributed by atoms with van der Waals surface area (Å²) in [7, 11) is 0. The predicted octanol–water partition coefficient (Wildman–Crippen LogP) is 2.91. The lowest BCUT2D eigenvalue weighted by molar-refractivity contribution is 0.623. The summed E-state index contributed by atoms with van der Waals surface area (Å²) in [5.74, 6) is 0.946. The Bertz CT molecular complexity index is 327. The number of rotatable bonds is 0. The van der Waals surface area contributed by atoms with E-state index in [1.165, 1.54) is 19.3 Å². The molecule has 0 aromatic heterocycles. The summed E-state index contributed by atoms with van der Waals surface area (Å²) in [5, 5.41) is 0. The average Bonchev–Trinajstić information content (AvgIpc) is 2.58. The topological polar surface area (TPSA) is 0 Å². The second-order valence-corrected chi connectivity index (χ2v) is 4.42. The lowest BCUT2D eigenvalue weighted by atomic mass is 9.96. The molecule has 0 heterocycles. The quantitative estimate of drug-likeness (QED) is 0.544. The Morgan fingerprint density at radius 3 is 2.83 bits per heavy atom. The van der Waals surface area contributed by atoms with Gasteiger partial charge < -0.3 is 0 Å².